The largest absolute Gasteiger partial charge is 0.359 e. The molecule has 0 radical (unpaired) electrons. The molecule has 3 aromatic rings. The van der Waals surface area contributed by atoms with Gasteiger partial charge >= 0.3 is 0 Å². The van der Waals surface area contributed by atoms with Crippen LogP contribution < -0.4 is 15.5 Å². The molecule has 4 rings (SSSR count). The highest BCUT2D eigenvalue weighted by Crippen LogP contribution is 2.43. The van der Waals surface area contributed by atoms with Crippen LogP contribution in [0.25, 0.3) is 5.65 Å². The van der Waals surface area contributed by atoms with Crippen LogP contribution in [0.4, 0.5) is 15.1 Å². The molecule has 6 nitrogen and oxygen atoms in total. The standard InChI is InChI=1S/C18H18Cl2FN5OS/c1-9-6-25(4-3-22-9)18-14(20)13(19)15(28-18)17(27)24-11-5-12(21)16-23-10(2)7-26(16)8-11/h5,7-9,22H,3-4,6H2,1-2H3,(H,24,27). The third-order valence-corrected chi connectivity index (χ3v) is 6.84. The van der Waals surface area contributed by atoms with E-state index in [4.69, 9.17) is 23.2 Å². The van der Waals surface area contributed by atoms with Crippen molar-refractivity contribution in [2.45, 2.75) is 19.9 Å². The van der Waals surface area contributed by atoms with E-state index < -0.39 is 11.7 Å². The van der Waals surface area contributed by atoms with E-state index in [1.165, 1.54) is 21.8 Å². The third kappa shape index (κ3) is 3.57. The smallest absolute Gasteiger partial charge is 0.267 e. The molecule has 2 N–H and O–H groups in total. The molecule has 10 heteroatoms. The highest BCUT2D eigenvalue weighted by molar-refractivity contribution is 7.19. The first-order valence-electron chi connectivity index (χ1n) is 8.76. The molecule has 1 amide bonds. The molecule has 1 fully saturated rings. The second-order valence-corrected chi connectivity index (χ2v) is 8.56. The first kappa shape index (κ1) is 19.4. The summed E-state index contributed by atoms with van der Waals surface area (Å²) in [5.41, 5.74) is 1.21. The van der Waals surface area contributed by atoms with Gasteiger partial charge in [-0.25, -0.2) is 9.37 Å². The van der Waals surface area contributed by atoms with Crippen LogP contribution >= 0.6 is 34.5 Å². The molecule has 1 aliphatic heterocycles. The highest BCUT2D eigenvalue weighted by atomic mass is 35.5. The molecule has 1 unspecified atom stereocenters. The number of hydrogen-bond donors (Lipinski definition) is 2. The maximum absolute atomic E-state index is 14.2. The Labute approximate surface area is 175 Å². The van der Waals surface area contributed by atoms with E-state index in [0.29, 0.717) is 27.3 Å². The number of carbonyl (C=O) groups is 1. The van der Waals surface area contributed by atoms with Crippen LogP contribution in [-0.2, 0) is 0 Å². The number of imidazole rings is 1. The van der Waals surface area contributed by atoms with Crippen molar-refractivity contribution in [2.75, 3.05) is 29.9 Å². The van der Waals surface area contributed by atoms with Gasteiger partial charge in [0.1, 0.15) is 9.88 Å². The van der Waals surface area contributed by atoms with Crippen molar-refractivity contribution < 1.29 is 9.18 Å². The fraction of sp³-hybridized carbons (Fsp3) is 0.333. The topological polar surface area (TPSA) is 61.7 Å². The number of rotatable bonds is 3. The molecule has 0 saturated carbocycles. The lowest BCUT2D eigenvalue weighted by molar-refractivity contribution is 0.103. The van der Waals surface area contributed by atoms with Gasteiger partial charge in [-0.15, -0.1) is 11.3 Å². The van der Waals surface area contributed by atoms with Gasteiger partial charge in [0.25, 0.3) is 5.91 Å². The molecular formula is C18H18Cl2FN5OS. The second-order valence-electron chi connectivity index (χ2n) is 6.81. The zero-order valence-corrected chi connectivity index (χ0v) is 17.6. The van der Waals surface area contributed by atoms with Gasteiger partial charge in [-0.05, 0) is 13.8 Å². The van der Waals surface area contributed by atoms with Gasteiger partial charge in [-0.1, -0.05) is 23.2 Å². The third-order valence-electron chi connectivity index (χ3n) is 4.53. The van der Waals surface area contributed by atoms with Gasteiger partial charge in [-0.2, -0.15) is 0 Å². The Morgan fingerprint density at radius 1 is 1.39 bits per heavy atom. The Hall–Kier alpha value is -1.87. The van der Waals surface area contributed by atoms with Gasteiger partial charge in [0, 0.05) is 44.1 Å². The van der Waals surface area contributed by atoms with Crippen LogP contribution in [0.15, 0.2) is 18.5 Å². The van der Waals surface area contributed by atoms with Gasteiger partial charge in [0.15, 0.2) is 11.5 Å². The predicted octanol–water partition coefficient (Wildman–Crippen LogP) is 4.20. The average molecular weight is 442 g/mol. The Morgan fingerprint density at radius 2 is 2.18 bits per heavy atom. The number of amides is 1. The number of pyridine rings is 1. The Morgan fingerprint density at radius 3 is 2.93 bits per heavy atom. The molecular weight excluding hydrogens is 424 g/mol. The zero-order valence-electron chi connectivity index (χ0n) is 15.2. The zero-order chi connectivity index (χ0) is 20.0. The highest BCUT2D eigenvalue weighted by Gasteiger charge is 2.26. The van der Waals surface area contributed by atoms with E-state index in [1.807, 2.05) is 0 Å². The van der Waals surface area contributed by atoms with Crippen LogP contribution in [0, 0.1) is 12.7 Å². The molecule has 0 aliphatic carbocycles. The number of fused-ring (bicyclic) bond motifs is 1. The van der Waals surface area contributed by atoms with Gasteiger partial charge in [-0.3, -0.25) is 4.79 Å². The van der Waals surface area contributed by atoms with Crippen molar-refractivity contribution in [3.05, 3.63) is 44.9 Å². The molecule has 0 spiro atoms. The molecule has 1 saturated heterocycles. The van der Waals surface area contributed by atoms with E-state index in [1.54, 1.807) is 19.3 Å². The number of hydrogen-bond acceptors (Lipinski definition) is 5. The number of nitrogens with zero attached hydrogens (tertiary/aromatic N) is 3. The Balaban J connectivity index is 1.61. The number of anilines is 2. The fourth-order valence-corrected chi connectivity index (χ4v) is 5.03. The minimum Gasteiger partial charge on any atom is -0.359 e. The average Bonchev–Trinajstić information content (AvgIpc) is 3.15. The molecule has 28 heavy (non-hydrogen) atoms. The van der Waals surface area contributed by atoms with Crippen LogP contribution in [0.1, 0.15) is 22.3 Å². The maximum Gasteiger partial charge on any atom is 0.267 e. The number of piperazine rings is 1. The predicted molar refractivity (Wildman–Crippen MR) is 112 cm³/mol. The lowest BCUT2D eigenvalue weighted by atomic mass is 10.2. The summed E-state index contributed by atoms with van der Waals surface area (Å²) < 4.78 is 15.8. The summed E-state index contributed by atoms with van der Waals surface area (Å²) in [4.78, 5) is 19.3. The fourth-order valence-electron chi connectivity index (χ4n) is 3.28. The molecule has 3 aromatic heterocycles. The van der Waals surface area contributed by atoms with Crippen molar-refractivity contribution >= 4 is 56.8 Å². The molecule has 1 aliphatic rings. The van der Waals surface area contributed by atoms with E-state index in [0.717, 1.165) is 24.6 Å². The van der Waals surface area contributed by atoms with Crippen molar-refractivity contribution in [1.29, 1.82) is 0 Å². The minimum atomic E-state index is -0.517. The molecule has 0 aromatic carbocycles. The summed E-state index contributed by atoms with van der Waals surface area (Å²) in [7, 11) is 0. The number of nitrogens with one attached hydrogen (secondary N) is 2. The number of aryl methyl sites for hydroxylation is 1. The first-order chi connectivity index (χ1) is 13.3. The summed E-state index contributed by atoms with van der Waals surface area (Å²) in [6.07, 6.45) is 3.30. The normalized spacial score (nSPS) is 17.3. The van der Waals surface area contributed by atoms with Crippen LogP contribution in [0.3, 0.4) is 0 Å². The minimum absolute atomic E-state index is 0.211. The molecule has 4 heterocycles. The van der Waals surface area contributed by atoms with E-state index in [2.05, 4.69) is 27.4 Å². The van der Waals surface area contributed by atoms with Crippen molar-refractivity contribution in [3.63, 3.8) is 0 Å². The summed E-state index contributed by atoms with van der Waals surface area (Å²) in [5, 5.41) is 7.43. The first-order valence-corrected chi connectivity index (χ1v) is 10.3. The van der Waals surface area contributed by atoms with Gasteiger partial charge in [0.2, 0.25) is 0 Å². The van der Waals surface area contributed by atoms with Gasteiger partial charge in [0.05, 0.1) is 21.4 Å². The number of thiophene rings is 1. The van der Waals surface area contributed by atoms with E-state index in [9.17, 15) is 9.18 Å². The maximum atomic E-state index is 14.2. The van der Waals surface area contributed by atoms with Crippen molar-refractivity contribution in [1.82, 2.24) is 14.7 Å². The number of carbonyl (C=O) groups excluding carboxylic acids is 1. The lowest BCUT2D eigenvalue weighted by Gasteiger charge is -2.32. The summed E-state index contributed by atoms with van der Waals surface area (Å²) in [6.45, 7) is 6.25. The molecule has 0 bridgehead atoms. The van der Waals surface area contributed by atoms with Crippen LogP contribution in [-0.4, -0.2) is 41.0 Å². The summed E-state index contributed by atoms with van der Waals surface area (Å²) in [6, 6.07) is 1.55. The number of aromatic nitrogens is 2. The van der Waals surface area contributed by atoms with Crippen LogP contribution in [0.5, 0.6) is 0 Å². The second kappa shape index (κ2) is 7.51. The quantitative estimate of drug-likeness (QED) is 0.639. The summed E-state index contributed by atoms with van der Waals surface area (Å²) >= 11 is 14.0. The Kier molecular flexibility index (Phi) is 5.22. The number of halogens is 3. The molecule has 1 atom stereocenters. The SMILES string of the molecule is Cc1cn2cc(NC(=O)c3sc(N4CCNC(C)C4)c(Cl)c3Cl)cc(F)c2n1. The van der Waals surface area contributed by atoms with Crippen LogP contribution in [0.2, 0.25) is 10.0 Å². The lowest BCUT2D eigenvalue weighted by Crippen LogP contribution is -2.49. The van der Waals surface area contributed by atoms with E-state index in [-0.39, 0.29) is 10.7 Å². The molecule has 148 valence electrons. The Bertz CT molecular complexity index is 1070. The van der Waals surface area contributed by atoms with Gasteiger partial charge < -0.3 is 19.9 Å². The van der Waals surface area contributed by atoms with Crippen molar-refractivity contribution in [2.24, 2.45) is 0 Å². The van der Waals surface area contributed by atoms with E-state index >= 15 is 0 Å². The monoisotopic (exact) mass is 441 g/mol. The summed E-state index contributed by atoms with van der Waals surface area (Å²) in [5.74, 6) is -0.946. The van der Waals surface area contributed by atoms with Crippen molar-refractivity contribution in [3.8, 4) is 0 Å².